The zero-order chi connectivity index (χ0) is 34.8. The third-order valence-corrected chi connectivity index (χ3v) is 8.14. The molecule has 0 saturated heterocycles. The van der Waals surface area contributed by atoms with Gasteiger partial charge in [0, 0.05) is 13.1 Å². The van der Waals surface area contributed by atoms with Crippen LogP contribution in [0, 0.1) is 0 Å². The van der Waals surface area contributed by atoms with Gasteiger partial charge in [-0.1, -0.05) is 155 Å². The SMILES string of the molecule is CCCCCCCCCCCCCCN=C([O-])COS(=O)(=O)[O-].CCCCCCCCCCCCCCNC(=O)COS(=O)(=O)O.[Ca+2]. The molecule has 0 radical (unpaired) electrons. The minimum absolute atomic E-state index is 0. The van der Waals surface area contributed by atoms with E-state index in [1.165, 1.54) is 116 Å². The quantitative estimate of drug-likeness (QED) is 0.0201. The van der Waals surface area contributed by atoms with Crippen molar-refractivity contribution in [3.05, 3.63) is 0 Å². The van der Waals surface area contributed by atoms with Gasteiger partial charge in [0.05, 0.1) is 6.61 Å². The molecule has 0 bridgehead atoms. The Labute approximate surface area is 316 Å². The first-order chi connectivity index (χ1) is 21.9. The van der Waals surface area contributed by atoms with Crippen LogP contribution in [0.5, 0.6) is 0 Å². The first-order valence-corrected chi connectivity index (χ1v) is 20.3. The molecule has 2 N–H and O–H groups in total. The third kappa shape index (κ3) is 50.4. The molecule has 276 valence electrons. The Kier molecular flexibility index (Phi) is 40.6. The summed E-state index contributed by atoms with van der Waals surface area (Å²) in [5.74, 6) is -1.24. The number of carbonyl (C=O) groups excluding carboxylic acids is 1. The standard InChI is InChI=1S/2C16H33NO5S.Ca/c2*1-2-3-4-5-6-7-8-9-10-11-12-13-14-17-16(18)15-22-23(19,20)21;/h2*2-15H2,1H3,(H,17,18)(H,19,20,21);/q;;+2/p-2. The van der Waals surface area contributed by atoms with E-state index in [9.17, 15) is 31.3 Å². The van der Waals surface area contributed by atoms with E-state index in [4.69, 9.17) is 4.55 Å². The number of rotatable bonds is 32. The summed E-state index contributed by atoms with van der Waals surface area (Å²) in [6.07, 6.45) is 29.8. The molecule has 1 amide bonds. The monoisotopic (exact) mass is 740 g/mol. The second-order valence-corrected chi connectivity index (χ2v) is 13.9. The smallest absolute Gasteiger partial charge is 0.860 e. The van der Waals surface area contributed by atoms with Crippen molar-refractivity contribution in [2.75, 3.05) is 26.3 Å². The molecule has 0 aromatic carbocycles. The number of nitrogens with one attached hydrogen (secondary N) is 1. The van der Waals surface area contributed by atoms with Gasteiger partial charge in [0.25, 0.3) is 0 Å². The fourth-order valence-electron chi connectivity index (χ4n) is 4.70. The van der Waals surface area contributed by atoms with Gasteiger partial charge in [-0.3, -0.25) is 13.5 Å². The van der Waals surface area contributed by atoms with Gasteiger partial charge in [-0.05, 0) is 18.7 Å². The molecule has 47 heavy (non-hydrogen) atoms. The Morgan fingerprint density at radius 3 is 1.34 bits per heavy atom. The maximum Gasteiger partial charge on any atom is 2.00 e. The van der Waals surface area contributed by atoms with Crippen LogP contribution in [0.4, 0.5) is 0 Å². The Morgan fingerprint density at radius 2 is 0.979 bits per heavy atom. The van der Waals surface area contributed by atoms with Crippen molar-refractivity contribution in [1.82, 2.24) is 5.32 Å². The molecule has 0 atom stereocenters. The molecule has 0 aromatic heterocycles. The van der Waals surface area contributed by atoms with Crippen LogP contribution in [-0.2, 0) is 34.0 Å². The summed E-state index contributed by atoms with van der Waals surface area (Å²) in [4.78, 5) is 14.8. The Morgan fingerprint density at radius 1 is 0.617 bits per heavy atom. The van der Waals surface area contributed by atoms with Crippen molar-refractivity contribution < 1.29 is 44.2 Å². The maximum absolute atomic E-state index is 11.2. The Hall–Kier alpha value is -0.0603. The van der Waals surface area contributed by atoms with Crippen LogP contribution in [0.25, 0.3) is 0 Å². The first kappa shape index (κ1) is 51.3. The summed E-state index contributed by atoms with van der Waals surface area (Å²) < 4.78 is 67.1. The molecule has 15 heteroatoms. The maximum atomic E-state index is 11.2. The minimum Gasteiger partial charge on any atom is -0.860 e. The van der Waals surface area contributed by atoms with Crippen molar-refractivity contribution in [2.24, 2.45) is 4.99 Å². The molecule has 0 aliphatic rings. The van der Waals surface area contributed by atoms with Gasteiger partial charge in [0.2, 0.25) is 16.3 Å². The number of nitrogens with zero attached hydrogens (tertiary/aromatic N) is 1. The van der Waals surface area contributed by atoms with Crippen molar-refractivity contribution in [1.29, 1.82) is 0 Å². The fourth-order valence-corrected chi connectivity index (χ4v) is 5.20. The topological polar surface area (TPSA) is 195 Å². The summed E-state index contributed by atoms with van der Waals surface area (Å²) in [7, 11) is -9.34. The van der Waals surface area contributed by atoms with E-state index in [1.54, 1.807) is 0 Å². The molecule has 12 nitrogen and oxygen atoms in total. The minimum atomic E-state index is -4.81. The summed E-state index contributed by atoms with van der Waals surface area (Å²) >= 11 is 0. The summed E-state index contributed by atoms with van der Waals surface area (Å²) in [6.45, 7) is 3.87. The van der Waals surface area contributed by atoms with E-state index >= 15 is 0 Å². The second-order valence-electron chi connectivity index (χ2n) is 11.8. The molecule has 0 fully saturated rings. The number of hydrogen-bond donors (Lipinski definition) is 2. The Balaban J connectivity index is -0.000000807. The van der Waals surface area contributed by atoms with Crippen LogP contribution in [0.3, 0.4) is 0 Å². The number of unbranched alkanes of at least 4 members (excludes halogenated alkanes) is 22. The second kappa shape index (κ2) is 37.2. The van der Waals surface area contributed by atoms with Crippen LogP contribution in [0.15, 0.2) is 4.99 Å². The van der Waals surface area contributed by atoms with Gasteiger partial charge in [-0.2, -0.15) is 8.42 Å². The predicted octanol–water partition coefficient (Wildman–Crippen LogP) is 6.17. The van der Waals surface area contributed by atoms with Crippen LogP contribution in [0.1, 0.15) is 168 Å². The van der Waals surface area contributed by atoms with E-state index < -0.39 is 45.8 Å². The van der Waals surface area contributed by atoms with Gasteiger partial charge in [-0.15, -0.1) is 0 Å². The largest absolute Gasteiger partial charge is 2.00 e. The van der Waals surface area contributed by atoms with Crippen molar-refractivity contribution in [2.45, 2.75) is 168 Å². The molecule has 0 saturated carbocycles. The number of amides is 1. The van der Waals surface area contributed by atoms with E-state index in [0.29, 0.717) is 13.1 Å². The summed E-state index contributed by atoms with van der Waals surface area (Å²) in [6, 6.07) is 0. The zero-order valence-corrected chi connectivity index (χ0v) is 33.2. The van der Waals surface area contributed by atoms with Gasteiger partial charge in [-0.25, -0.2) is 12.6 Å². The third-order valence-electron chi connectivity index (χ3n) is 7.32. The number of aliphatic imine (C=N–C) groups is 1. The van der Waals surface area contributed by atoms with E-state index in [0.717, 1.165) is 38.5 Å². The Bertz CT molecular complexity index is 936. The van der Waals surface area contributed by atoms with Gasteiger partial charge in [0.1, 0.15) is 6.61 Å². The van der Waals surface area contributed by atoms with Gasteiger partial charge < -0.3 is 20.0 Å². The molecule has 0 heterocycles. The van der Waals surface area contributed by atoms with Crippen molar-refractivity contribution in [3.8, 4) is 0 Å². The fraction of sp³-hybridized carbons (Fsp3) is 0.938. The molecule has 0 rings (SSSR count). The van der Waals surface area contributed by atoms with Crippen molar-refractivity contribution in [3.63, 3.8) is 0 Å². The molecule has 0 aromatic rings. The van der Waals surface area contributed by atoms with Crippen LogP contribution in [-0.4, -0.2) is 102 Å². The van der Waals surface area contributed by atoms with Crippen LogP contribution in [0.2, 0.25) is 0 Å². The molecule has 0 spiro atoms. The van der Waals surface area contributed by atoms with E-state index in [1.807, 2.05) is 0 Å². The summed E-state index contributed by atoms with van der Waals surface area (Å²) in [5, 5.41) is 13.6. The average Bonchev–Trinajstić information content (AvgIpc) is 2.99. The molecular weight excluding hydrogens is 677 g/mol. The molecule has 0 unspecified atom stereocenters. The van der Waals surface area contributed by atoms with E-state index in [2.05, 4.69) is 32.5 Å². The number of carbonyl (C=O) groups is 1. The average molecular weight is 741 g/mol. The van der Waals surface area contributed by atoms with Gasteiger partial charge in [0.15, 0.2) is 0 Å². The van der Waals surface area contributed by atoms with Crippen LogP contribution >= 0.6 is 0 Å². The molecule has 0 aliphatic carbocycles. The van der Waals surface area contributed by atoms with Crippen molar-refractivity contribution >= 4 is 70.3 Å². The first-order valence-electron chi connectivity index (χ1n) is 17.6. The van der Waals surface area contributed by atoms with Crippen LogP contribution < -0.4 is 10.4 Å². The van der Waals surface area contributed by atoms with E-state index in [-0.39, 0.29) is 37.7 Å². The predicted molar refractivity (Wildman–Crippen MR) is 186 cm³/mol. The number of hydrogen-bond acceptors (Lipinski definition) is 10. The van der Waals surface area contributed by atoms with Gasteiger partial charge >= 0.3 is 48.1 Å². The molecular formula is C32H64CaN2O10S2. The zero-order valence-electron chi connectivity index (χ0n) is 29.4. The molecule has 0 aliphatic heterocycles. The summed E-state index contributed by atoms with van der Waals surface area (Å²) in [5.41, 5.74) is 0. The normalized spacial score (nSPS) is 11.9.